The van der Waals surface area contributed by atoms with Crippen molar-refractivity contribution < 1.29 is 9.92 Å². The molecule has 174 valence electrons. The molecule has 2 aliphatic carbocycles. The highest BCUT2D eigenvalue weighted by molar-refractivity contribution is 5.66. The summed E-state index contributed by atoms with van der Waals surface area (Å²) in [6, 6.07) is 7.25. The standard InChI is InChI=1S/C27H39N3O2/c1-4-6-21-18-23(11-15-26(21)29(2)3)27(19-8-12-24(13-9-19)30(31)32)22-10-14-25-20(17-22)7-5-16-28-25/h8,10,14,17,21,23-24,26H,4-7,9,11-13,15-16,18H2,1-3H3/p+1/t21-,23?,24?,26?/m1/s1. The molecule has 5 heteroatoms. The molecule has 5 nitrogen and oxygen atoms in total. The number of hydrogen-bond acceptors (Lipinski definition) is 3. The van der Waals surface area contributed by atoms with E-state index in [4.69, 9.17) is 0 Å². The summed E-state index contributed by atoms with van der Waals surface area (Å²) in [5.41, 5.74) is 4.31. The monoisotopic (exact) mass is 438 g/mol. The van der Waals surface area contributed by atoms with E-state index in [0.717, 1.165) is 25.3 Å². The van der Waals surface area contributed by atoms with Crippen LogP contribution in [-0.2, 0) is 6.42 Å². The number of aryl methyl sites for hydroxylation is 1. The maximum absolute atomic E-state index is 11.3. The molecule has 1 aliphatic heterocycles. The summed E-state index contributed by atoms with van der Waals surface area (Å²) in [6.45, 7) is 3.36. The van der Waals surface area contributed by atoms with E-state index < -0.39 is 6.04 Å². The second-order valence-electron chi connectivity index (χ2n) is 10.3. The highest BCUT2D eigenvalue weighted by atomic mass is 16.6. The van der Waals surface area contributed by atoms with Crippen LogP contribution in [0, 0.1) is 22.0 Å². The molecular formula is C27H40N3O2+. The van der Waals surface area contributed by atoms with Crippen LogP contribution in [0.15, 0.2) is 29.8 Å². The molecule has 0 aromatic heterocycles. The van der Waals surface area contributed by atoms with E-state index in [1.807, 2.05) is 0 Å². The van der Waals surface area contributed by atoms with Gasteiger partial charge in [-0.05, 0) is 93.0 Å². The Kier molecular flexibility index (Phi) is 7.44. The first kappa shape index (κ1) is 23.2. The van der Waals surface area contributed by atoms with Gasteiger partial charge < -0.3 is 4.90 Å². The maximum Gasteiger partial charge on any atom is 0.216 e. The fraction of sp³-hybridized carbons (Fsp3) is 0.667. The van der Waals surface area contributed by atoms with E-state index in [-0.39, 0.29) is 4.92 Å². The summed E-state index contributed by atoms with van der Waals surface area (Å²) < 4.78 is 0. The average Bonchev–Trinajstić information content (AvgIpc) is 2.80. The molecule has 1 saturated carbocycles. The Bertz CT molecular complexity index is 981. The molecule has 0 bridgehead atoms. The summed E-state index contributed by atoms with van der Waals surface area (Å²) in [7, 11) is 4.46. The summed E-state index contributed by atoms with van der Waals surface area (Å²) in [5, 5.41) is 14.0. The van der Waals surface area contributed by atoms with Crippen molar-refractivity contribution in [2.24, 2.45) is 11.8 Å². The molecule has 32 heavy (non-hydrogen) atoms. The number of hydrogen-bond donors (Lipinski definition) is 1. The lowest BCUT2D eigenvalue weighted by Gasteiger charge is -2.41. The fourth-order valence-electron chi connectivity index (χ4n) is 6.45. The predicted octanol–water partition coefficient (Wildman–Crippen LogP) is 2.39. The first-order valence-corrected chi connectivity index (χ1v) is 12.7. The minimum Gasteiger partial charge on any atom is -0.306 e. The highest BCUT2D eigenvalue weighted by Gasteiger charge is 2.35. The van der Waals surface area contributed by atoms with E-state index in [1.54, 1.807) is 0 Å². The summed E-state index contributed by atoms with van der Waals surface area (Å²) in [4.78, 5) is 17.2. The third-order valence-corrected chi connectivity index (χ3v) is 8.06. The highest BCUT2D eigenvalue weighted by Crippen LogP contribution is 2.42. The zero-order valence-electron chi connectivity index (χ0n) is 20.1. The Hall–Kier alpha value is -2.01. The van der Waals surface area contributed by atoms with Crippen molar-refractivity contribution in [1.29, 1.82) is 0 Å². The van der Waals surface area contributed by atoms with Crippen LogP contribution in [0.1, 0.15) is 70.3 Å². The summed E-state index contributed by atoms with van der Waals surface area (Å²) in [5.74, 6) is 1.27. The maximum atomic E-state index is 11.3. The van der Waals surface area contributed by atoms with Crippen LogP contribution >= 0.6 is 0 Å². The van der Waals surface area contributed by atoms with Gasteiger partial charge in [-0.25, -0.2) is 4.99 Å². The first-order chi connectivity index (χ1) is 15.5. The van der Waals surface area contributed by atoms with Gasteiger partial charge in [-0.1, -0.05) is 19.4 Å². The lowest BCUT2D eigenvalue weighted by molar-refractivity contribution is -0.523. The lowest BCUT2D eigenvalue weighted by atomic mass is 9.70. The number of nitrogens with one attached hydrogen (secondary N) is 1. The Morgan fingerprint density at radius 1 is 1.22 bits per heavy atom. The SMILES string of the molecule is CCC[C@@H]1CC(C(C2=CCC([N+](=O)[O-])CC2)=c2ccc3c(c2)CCC[NH+]=3)CCC1N(C)C. The first-order valence-electron chi connectivity index (χ1n) is 12.7. The van der Waals surface area contributed by atoms with Crippen LogP contribution in [0.5, 0.6) is 0 Å². The molecule has 1 aromatic rings. The van der Waals surface area contributed by atoms with E-state index in [0.29, 0.717) is 24.8 Å². The van der Waals surface area contributed by atoms with E-state index in [9.17, 15) is 10.1 Å². The Balaban J connectivity index is 1.75. The normalized spacial score (nSPS) is 29.1. The summed E-state index contributed by atoms with van der Waals surface area (Å²) in [6.07, 6.45) is 12.8. The Labute approximate surface area is 192 Å². The van der Waals surface area contributed by atoms with Gasteiger partial charge >= 0.3 is 0 Å². The van der Waals surface area contributed by atoms with Crippen LogP contribution in [-0.4, -0.2) is 42.5 Å². The molecule has 0 saturated heterocycles. The van der Waals surface area contributed by atoms with Gasteiger partial charge in [0.1, 0.15) is 6.54 Å². The minimum atomic E-state index is -0.412. The van der Waals surface area contributed by atoms with Gasteiger partial charge in [-0.15, -0.1) is 0 Å². The predicted molar refractivity (Wildman–Crippen MR) is 128 cm³/mol. The average molecular weight is 439 g/mol. The van der Waals surface area contributed by atoms with Gasteiger partial charge in [0.15, 0.2) is 0 Å². The van der Waals surface area contributed by atoms with Crippen molar-refractivity contribution in [2.75, 3.05) is 20.6 Å². The number of allylic oxidation sites excluding steroid dienone is 1. The van der Waals surface area contributed by atoms with Gasteiger partial charge in [-0.3, -0.25) is 10.1 Å². The molecule has 0 amide bonds. The van der Waals surface area contributed by atoms with Crippen LogP contribution in [0.3, 0.4) is 0 Å². The molecule has 0 radical (unpaired) electrons. The van der Waals surface area contributed by atoms with Gasteiger partial charge in [0.25, 0.3) is 0 Å². The molecule has 4 rings (SSSR count). The fourth-order valence-corrected chi connectivity index (χ4v) is 6.45. The van der Waals surface area contributed by atoms with E-state index >= 15 is 0 Å². The number of benzene rings is 1. The number of rotatable bonds is 6. The Morgan fingerprint density at radius 3 is 2.75 bits per heavy atom. The molecule has 1 heterocycles. The number of nitrogens with zero attached hydrogens (tertiary/aromatic N) is 2. The zero-order chi connectivity index (χ0) is 22.7. The molecule has 4 atom stereocenters. The van der Waals surface area contributed by atoms with Gasteiger partial charge in [-0.2, -0.15) is 0 Å². The molecule has 3 aliphatic rings. The van der Waals surface area contributed by atoms with E-state index in [2.05, 4.69) is 55.2 Å². The largest absolute Gasteiger partial charge is 0.306 e. The third-order valence-electron chi connectivity index (χ3n) is 8.06. The zero-order valence-corrected chi connectivity index (χ0v) is 20.1. The molecular weight excluding hydrogens is 398 g/mol. The quantitative estimate of drug-likeness (QED) is 0.548. The molecule has 1 fully saturated rings. The van der Waals surface area contributed by atoms with Gasteiger partial charge in [0.05, 0.1) is 0 Å². The van der Waals surface area contributed by atoms with Crippen molar-refractivity contribution in [1.82, 2.24) is 4.90 Å². The molecule has 1 N–H and O–H groups in total. The van der Waals surface area contributed by atoms with Crippen LogP contribution in [0.2, 0.25) is 0 Å². The van der Waals surface area contributed by atoms with E-state index in [1.165, 1.54) is 65.8 Å². The molecule has 3 unspecified atom stereocenters. The van der Waals surface area contributed by atoms with Crippen molar-refractivity contribution in [2.45, 2.75) is 83.2 Å². The summed E-state index contributed by atoms with van der Waals surface area (Å²) >= 11 is 0. The third kappa shape index (κ3) is 4.98. The number of nitro groups is 1. The van der Waals surface area contributed by atoms with Gasteiger partial charge in [0.2, 0.25) is 11.4 Å². The lowest BCUT2D eigenvalue weighted by Crippen LogP contribution is -2.79. The smallest absolute Gasteiger partial charge is 0.216 e. The van der Waals surface area contributed by atoms with Crippen LogP contribution < -0.4 is 15.6 Å². The minimum absolute atomic E-state index is 0.0862. The second-order valence-corrected chi connectivity index (χ2v) is 10.3. The van der Waals surface area contributed by atoms with Crippen LogP contribution in [0.25, 0.3) is 5.57 Å². The molecule has 1 aromatic carbocycles. The van der Waals surface area contributed by atoms with Crippen molar-refractivity contribution in [3.05, 3.63) is 56.1 Å². The van der Waals surface area contributed by atoms with Crippen molar-refractivity contribution in [3.63, 3.8) is 0 Å². The van der Waals surface area contributed by atoms with Crippen molar-refractivity contribution >= 4 is 5.57 Å². The topological polar surface area (TPSA) is 60.4 Å². The second kappa shape index (κ2) is 10.3. The Morgan fingerprint density at radius 2 is 2.06 bits per heavy atom. The molecule has 0 spiro atoms. The van der Waals surface area contributed by atoms with Crippen molar-refractivity contribution in [3.8, 4) is 0 Å². The van der Waals surface area contributed by atoms with Gasteiger partial charge in [0, 0.05) is 41.9 Å². The van der Waals surface area contributed by atoms with Crippen LogP contribution in [0.4, 0.5) is 0 Å². The number of fused-ring (bicyclic) bond motifs is 1.